The molecular weight excluding hydrogens is 252 g/mol. The molecule has 1 aromatic carbocycles. The third-order valence-corrected chi connectivity index (χ3v) is 3.35. The van der Waals surface area contributed by atoms with Gasteiger partial charge in [0, 0.05) is 18.2 Å². The number of methoxy groups -OCH3 is 1. The van der Waals surface area contributed by atoms with Gasteiger partial charge in [-0.15, -0.1) is 0 Å². The first-order valence-electron chi connectivity index (χ1n) is 6.73. The van der Waals surface area contributed by atoms with Crippen LogP contribution in [0.25, 0.3) is 11.3 Å². The first-order chi connectivity index (χ1) is 9.54. The van der Waals surface area contributed by atoms with E-state index in [1.807, 2.05) is 44.2 Å². The Balaban J connectivity index is 2.59. The normalized spacial score (nSPS) is 12.7. The zero-order valence-electron chi connectivity index (χ0n) is 12.3. The molecule has 1 N–H and O–H groups in total. The molecule has 0 saturated heterocycles. The zero-order valence-corrected chi connectivity index (χ0v) is 12.3. The molecule has 2 aromatic rings. The molecule has 4 nitrogen and oxygen atoms in total. The fraction of sp³-hybridized carbons (Fsp3) is 0.375. The fourth-order valence-electron chi connectivity index (χ4n) is 2.26. The molecule has 20 heavy (non-hydrogen) atoms. The highest BCUT2D eigenvalue weighted by Gasteiger charge is 2.20. The van der Waals surface area contributed by atoms with E-state index in [1.165, 1.54) is 0 Å². The van der Waals surface area contributed by atoms with E-state index in [1.54, 1.807) is 14.0 Å². The first kappa shape index (κ1) is 14.5. The van der Waals surface area contributed by atoms with Crippen LogP contribution in [0.15, 0.2) is 35.1 Å². The molecule has 1 heterocycles. The second kappa shape index (κ2) is 6.01. The Morgan fingerprint density at radius 2 is 1.85 bits per heavy atom. The van der Waals surface area contributed by atoms with Crippen molar-refractivity contribution >= 4 is 0 Å². The van der Waals surface area contributed by atoms with Crippen LogP contribution in [0.3, 0.4) is 0 Å². The molecule has 0 radical (unpaired) electrons. The van der Waals surface area contributed by atoms with Crippen LogP contribution in [0.5, 0.6) is 0 Å². The smallest absolute Gasteiger partial charge is 0.254 e. The Hall–Kier alpha value is -1.94. The zero-order chi connectivity index (χ0) is 14.7. The summed E-state index contributed by atoms with van der Waals surface area (Å²) in [5, 5.41) is 0. The van der Waals surface area contributed by atoms with Crippen molar-refractivity contribution < 1.29 is 4.74 Å². The molecule has 0 amide bonds. The van der Waals surface area contributed by atoms with Crippen molar-refractivity contribution in [3.05, 3.63) is 52.1 Å². The quantitative estimate of drug-likeness (QED) is 0.930. The van der Waals surface area contributed by atoms with E-state index in [0.29, 0.717) is 17.1 Å². The van der Waals surface area contributed by atoms with Gasteiger partial charge in [-0.05, 0) is 12.8 Å². The highest BCUT2D eigenvalue weighted by molar-refractivity contribution is 5.62. The molecule has 0 aliphatic heterocycles. The fourth-order valence-corrected chi connectivity index (χ4v) is 2.26. The largest absolute Gasteiger partial charge is 0.373 e. The van der Waals surface area contributed by atoms with Gasteiger partial charge in [0.25, 0.3) is 5.56 Å². The van der Waals surface area contributed by atoms with Crippen molar-refractivity contribution in [3.8, 4) is 11.3 Å². The average molecular weight is 272 g/mol. The highest BCUT2D eigenvalue weighted by atomic mass is 16.5. The number of hydrogen-bond donors (Lipinski definition) is 1. The lowest BCUT2D eigenvalue weighted by Crippen LogP contribution is -2.21. The summed E-state index contributed by atoms with van der Waals surface area (Å²) in [6.07, 6.45) is -0.217. The summed E-state index contributed by atoms with van der Waals surface area (Å²) in [6.45, 7) is 5.86. The second-order valence-electron chi connectivity index (χ2n) is 5.19. The molecule has 0 bridgehead atoms. The van der Waals surface area contributed by atoms with Gasteiger partial charge in [-0.3, -0.25) is 4.79 Å². The van der Waals surface area contributed by atoms with Gasteiger partial charge in [0.1, 0.15) is 11.9 Å². The third-order valence-electron chi connectivity index (χ3n) is 3.35. The van der Waals surface area contributed by atoms with E-state index < -0.39 is 0 Å². The maximum atomic E-state index is 12.1. The van der Waals surface area contributed by atoms with Crippen LogP contribution in [-0.2, 0) is 4.74 Å². The van der Waals surface area contributed by atoms with Crippen molar-refractivity contribution in [2.45, 2.75) is 26.9 Å². The average Bonchev–Trinajstić information content (AvgIpc) is 2.43. The molecule has 0 spiro atoms. The van der Waals surface area contributed by atoms with Crippen LogP contribution in [-0.4, -0.2) is 17.1 Å². The maximum Gasteiger partial charge on any atom is 0.254 e. The van der Waals surface area contributed by atoms with Crippen molar-refractivity contribution in [1.82, 2.24) is 9.97 Å². The number of H-pyrrole nitrogens is 1. The number of nitrogens with one attached hydrogen (secondary N) is 1. The standard InChI is InChI=1S/C16H20N2O2/c1-10(2)14(20-4)15-17-13(11(3)16(19)18-15)12-8-6-5-7-9-12/h5-10,14H,1-4H3,(H,17,18,19). The Bertz CT molecular complexity index is 633. The number of rotatable bonds is 4. The molecule has 1 unspecified atom stereocenters. The van der Waals surface area contributed by atoms with E-state index in [4.69, 9.17) is 4.74 Å². The van der Waals surface area contributed by atoms with Gasteiger partial charge in [0.2, 0.25) is 0 Å². The molecule has 1 aromatic heterocycles. The topological polar surface area (TPSA) is 55.0 Å². The van der Waals surface area contributed by atoms with Crippen molar-refractivity contribution in [1.29, 1.82) is 0 Å². The summed E-state index contributed by atoms with van der Waals surface area (Å²) in [6, 6.07) is 9.73. The molecule has 0 saturated carbocycles. The van der Waals surface area contributed by atoms with Gasteiger partial charge in [-0.25, -0.2) is 4.98 Å². The van der Waals surface area contributed by atoms with Crippen LogP contribution in [0.1, 0.15) is 31.3 Å². The summed E-state index contributed by atoms with van der Waals surface area (Å²) in [4.78, 5) is 19.6. The third kappa shape index (κ3) is 2.80. The van der Waals surface area contributed by atoms with Crippen LogP contribution in [0.4, 0.5) is 0 Å². The SMILES string of the molecule is COC(c1nc(-c2ccccc2)c(C)c(=O)[nH]1)C(C)C. The minimum atomic E-state index is -0.217. The Morgan fingerprint density at radius 3 is 2.40 bits per heavy atom. The van der Waals surface area contributed by atoms with Gasteiger partial charge < -0.3 is 9.72 Å². The second-order valence-corrected chi connectivity index (χ2v) is 5.19. The predicted molar refractivity (Wildman–Crippen MR) is 79.6 cm³/mol. The van der Waals surface area contributed by atoms with E-state index in [-0.39, 0.29) is 17.6 Å². The molecule has 0 aliphatic carbocycles. The number of hydrogen-bond acceptors (Lipinski definition) is 3. The number of nitrogens with zero attached hydrogens (tertiary/aromatic N) is 1. The molecule has 106 valence electrons. The van der Waals surface area contributed by atoms with E-state index in [2.05, 4.69) is 9.97 Å². The van der Waals surface area contributed by atoms with Gasteiger partial charge in [0.05, 0.1) is 5.69 Å². The van der Waals surface area contributed by atoms with Crippen molar-refractivity contribution in [2.75, 3.05) is 7.11 Å². The summed E-state index contributed by atoms with van der Waals surface area (Å²) < 4.78 is 5.45. The van der Waals surface area contributed by atoms with Gasteiger partial charge in [-0.1, -0.05) is 44.2 Å². The van der Waals surface area contributed by atoms with Crippen molar-refractivity contribution in [2.24, 2.45) is 5.92 Å². The summed E-state index contributed by atoms with van der Waals surface area (Å²) in [5.41, 5.74) is 2.16. The van der Waals surface area contributed by atoms with Crippen LogP contribution in [0.2, 0.25) is 0 Å². The molecule has 0 fully saturated rings. The van der Waals surface area contributed by atoms with E-state index in [0.717, 1.165) is 5.56 Å². The van der Waals surface area contributed by atoms with Gasteiger partial charge >= 0.3 is 0 Å². The van der Waals surface area contributed by atoms with E-state index >= 15 is 0 Å². The minimum Gasteiger partial charge on any atom is -0.373 e. The Morgan fingerprint density at radius 1 is 1.20 bits per heavy atom. The molecule has 1 atom stereocenters. The molecule has 0 aliphatic rings. The number of aromatic amines is 1. The molecule has 2 rings (SSSR count). The minimum absolute atomic E-state index is 0.114. The lowest BCUT2D eigenvalue weighted by molar-refractivity contribution is 0.0573. The summed E-state index contributed by atoms with van der Waals surface area (Å²) in [7, 11) is 1.63. The monoisotopic (exact) mass is 272 g/mol. The van der Waals surface area contributed by atoms with Crippen molar-refractivity contribution in [3.63, 3.8) is 0 Å². The summed E-state index contributed by atoms with van der Waals surface area (Å²) in [5.74, 6) is 0.812. The number of ether oxygens (including phenoxy) is 1. The van der Waals surface area contributed by atoms with Crippen LogP contribution < -0.4 is 5.56 Å². The van der Waals surface area contributed by atoms with Crippen LogP contribution in [0, 0.1) is 12.8 Å². The van der Waals surface area contributed by atoms with Gasteiger partial charge in [0.15, 0.2) is 0 Å². The molecular formula is C16H20N2O2. The first-order valence-corrected chi connectivity index (χ1v) is 6.73. The van der Waals surface area contributed by atoms with Crippen LogP contribution >= 0.6 is 0 Å². The Labute approximate surface area is 118 Å². The summed E-state index contributed by atoms with van der Waals surface area (Å²) >= 11 is 0. The van der Waals surface area contributed by atoms with E-state index in [9.17, 15) is 4.79 Å². The lowest BCUT2D eigenvalue weighted by atomic mass is 10.0. The number of aromatic nitrogens is 2. The van der Waals surface area contributed by atoms with Gasteiger partial charge in [-0.2, -0.15) is 0 Å². The lowest BCUT2D eigenvalue weighted by Gasteiger charge is -2.19. The maximum absolute atomic E-state index is 12.1. The highest BCUT2D eigenvalue weighted by Crippen LogP contribution is 2.24. The number of benzene rings is 1. The predicted octanol–water partition coefficient (Wildman–Crippen LogP) is 3.09. The molecule has 4 heteroatoms. The Kier molecular flexibility index (Phi) is 4.35.